The van der Waals surface area contributed by atoms with Crippen LogP contribution in [0, 0.1) is 0 Å². The van der Waals surface area contributed by atoms with E-state index in [0.29, 0.717) is 24.7 Å². The average molecular weight is 288 g/mol. The molecule has 21 heavy (non-hydrogen) atoms. The van der Waals surface area contributed by atoms with Crippen LogP contribution in [0.5, 0.6) is 11.5 Å². The zero-order valence-corrected chi connectivity index (χ0v) is 11.4. The van der Waals surface area contributed by atoms with E-state index in [1.165, 1.54) is 12.1 Å². The quantitative estimate of drug-likeness (QED) is 0.765. The van der Waals surface area contributed by atoms with Crippen molar-refractivity contribution in [3.8, 4) is 11.5 Å². The Balaban J connectivity index is 1.77. The molecule has 0 spiro atoms. The molecule has 0 radical (unpaired) electrons. The highest BCUT2D eigenvalue weighted by Crippen LogP contribution is 2.14. The van der Waals surface area contributed by atoms with Gasteiger partial charge in [0.1, 0.15) is 24.7 Å². The fourth-order valence-electron chi connectivity index (χ4n) is 1.75. The summed E-state index contributed by atoms with van der Waals surface area (Å²) < 4.78 is 11.0. The maximum absolute atomic E-state index is 10.7. The van der Waals surface area contributed by atoms with Crippen molar-refractivity contribution in [3.63, 3.8) is 0 Å². The molecule has 0 fully saturated rings. The van der Waals surface area contributed by atoms with Crippen LogP contribution < -0.4 is 9.47 Å². The highest BCUT2D eigenvalue weighted by molar-refractivity contribution is 5.87. The van der Waals surface area contributed by atoms with Crippen molar-refractivity contribution in [1.29, 1.82) is 0 Å². The van der Waals surface area contributed by atoms with Gasteiger partial charge in [-0.1, -0.05) is 12.1 Å². The molecular formula is C16H16O5. The topological polar surface area (TPSA) is 76.0 Å². The van der Waals surface area contributed by atoms with E-state index in [2.05, 4.69) is 0 Å². The third-order valence-corrected chi connectivity index (χ3v) is 2.80. The summed E-state index contributed by atoms with van der Waals surface area (Å²) >= 11 is 0. The van der Waals surface area contributed by atoms with Gasteiger partial charge in [0.2, 0.25) is 0 Å². The lowest BCUT2D eigenvalue weighted by molar-refractivity contribution is 0.0697. The van der Waals surface area contributed by atoms with E-state index in [4.69, 9.17) is 19.7 Å². The van der Waals surface area contributed by atoms with Gasteiger partial charge in [0.25, 0.3) is 0 Å². The van der Waals surface area contributed by atoms with Gasteiger partial charge in [-0.05, 0) is 42.0 Å². The van der Waals surface area contributed by atoms with Crippen LogP contribution in [0.4, 0.5) is 0 Å². The van der Waals surface area contributed by atoms with Gasteiger partial charge in [-0.15, -0.1) is 0 Å². The van der Waals surface area contributed by atoms with Crippen molar-refractivity contribution in [1.82, 2.24) is 0 Å². The van der Waals surface area contributed by atoms with Crippen LogP contribution in [0.1, 0.15) is 15.9 Å². The smallest absolute Gasteiger partial charge is 0.335 e. The summed E-state index contributed by atoms with van der Waals surface area (Å²) in [5.74, 6) is 0.299. The summed E-state index contributed by atoms with van der Waals surface area (Å²) in [5, 5.41) is 17.8. The van der Waals surface area contributed by atoms with E-state index in [1.807, 2.05) is 12.1 Å². The molecule has 0 aromatic heterocycles. The van der Waals surface area contributed by atoms with Crippen LogP contribution >= 0.6 is 0 Å². The van der Waals surface area contributed by atoms with Crippen LogP contribution in [-0.4, -0.2) is 29.4 Å². The second-order valence-corrected chi connectivity index (χ2v) is 4.33. The van der Waals surface area contributed by atoms with Crippen molar-refractivity contribution in [2.45, 2.75) is 6.61 Å². The Kier molecular flexibility index (Phi) is 5.17. The van der Waals surface area contributed by atoms with E-state index >= 15 is 0 Å². The van der Waals surface area contributed by atoms with Crippen LogP contribution in [0.3, 0.4) is 0 Å². The number of benzene rings is 2. The molecule has 2 rings (SSSR count). The van der Waals surface area contributed by atoms with Gasteiger partial charge in [-0.3, -0.25) is 0 Å². The van der Waals surface area contributed by atoms with Crippen molar-refractivity contribution < 1.29 is 24.5 Å². The molecule has 0 aliphatic heterocycles. The number of hydrogen-bond acceptors (Lipinski definition) is 4. The molecule has 110 valence electrons. The minimum atomic E-state index is -0.964. The molecule has 2 aromatic rings. The number of carbonyl (C=O) groups is 1. The van der Waals surface area contributed by atoms with Crippen LogP contribution in [-0.2, 0) is 6.61 Å². The second-order valence-electron chi connectivity index (χ2n) is 4.33. The van der Waals surface area contributed by atoms with E-state index in [9.17, 15) is 4.79 Å². The van der Waals surface area contributed by atoms with Crippen LogP contribution in [0.2, 0.25) is 0 Å². The van der Waals surface area contributed by atoms with Gasteiger partial charge >= 0.3 is 5.97 Å². The highest BCUT2D eigenvalue weighted by Gasteiger charge is 2.02. The number of aliphatic hydroxyl groups is 1. The first kappa shape index (κ1) is 14.9. The van der Waals surface area contributed by atoms with E-state index in [-0.39, 0.29) is 12.2 Å². The van der Waals surface area contributed by atoms with Crippen molar-refractivity contribution in [3.05, 3.63) is 59.7 Å². The largest absolute Gasteiger partial charge is 0.490 e. The molecule has 5 heteroatoms. The third kappa shape index (κ3) is 4.50. The summed E-state index contributed by atoms with van der Waals surface area (Å²) in [4.78, 5) is 10.7. The van der Waals surface area contributed by atoms with E-state index in [1.54, 1.807) is 24.3 Å². The summed E-state index contributed by atoms with van der Waals surface area (Å²) in [6.07, 6.45) is 0. The summed E-state index contributed by atoms with van der Waals surface area (Å²) in [6.45, 7) is 0.676. The predicted octanol–water partition coefficient (Wildman–Crippen LogP) is 2.33. The number of rotatable bonds is 7. The molecule has 0 heterocycles. The Bertz CT molecular complexity index is 592. The molecule has 5 nitrogen and oxygen atoms in total. The van der Waals surface area contributed by atoms with Gasteiger partial charge in [-0.25, -0.2) is 4.79 Å². The summed E-state index contributed by atoms with van der Waals surface area (Å²) in [7, 11) is 0. The first-order valence-corrected chi connectivity index (χ1v) is 6.48. The highest BCUT2D eigenvalue weighted by atomic mass is 16.5. The van der Waals surface area contributed by atoms with Gasteiger partial charge < -0.3 is 19.7 Å². The lowest BCUT2D eigenvalue weighted by Gasteiger charge is -2.09. The number of aromatic carboxylic acids is 1. The molecule has 0 bridgehead atoms. The molecule has 0 unspecified atom stereocenters. The fourth-order valence-corrected chi connectivity index (χ4v) is 1.75. The lowest BCUT2D eigenvalue weighted by Crippen LogP contribution is -2.09. The molecule has 0 saturated carbocycles. The Morgan fingerprint density at radius 1 is 0.952 bits per heavy atom. The van der Waals surface area contributed by atoms with E-state index in [0.717, 1.165) is 5.56 Å². The van der Waals surface area contributed by atoms with Crippen molar-refractivity contribution in [2.24, 2.45) is 0 Å². The molecule has 0 amide bonds. The predicted molar refractivity (Wildman–Crippen MR) is 76.8 cm³/mol. The maximum Gasteiger partial charge on any atom is 0.335 e. The zero-order valence-electron chi connectivity index (χ0n) is 11.4. The Morgan fingerprint density at radius 2 is 1.62 bits per heavy atom. The third-order valence-electron chi connectivity index (χ3n) is 2.80. The summed E-state index contributed by atoms with van der Waals surface area (Å²) in [6, 6.07) is 13.4. The number of hydrogen-bond donors (Lipinski definition) is 2. The average Bonchev–Trinajstić information content (AvgIpc) is 2.52. The van der Waals surface area contributed by atoms with Gasteiger partial charge in [-0.2, -0.15) is 0 Å². The number of carboxylic acid groups (broad SMARTS) is 1. The standard InChI is InChI=1S/C16H16O5/c17-11-12-2-1-3-15(10-12)21-9-8-20-14-6-4-13(5-7-14)16(18)19/h1-7,10,17H,8-9,11H2,(H,18,19). The molecule has 0 saturated heterocycles. The first-order chi connectivity index (χ1) is 10.2. The van der Waals surface area contributed by atoms with Gasteiger partial charge in [0, 0.05) is 0 Å². The minimum Gasteiger partial charge on any atom is -0.490 e. The second kappa shape index (κ2) is 7.31. The lowest BCUT2D eigenvalue weighted by atomic mass is 10.2. The first-order valence-electron chi connectivity index (χ1n) is 6.48. The molecule has 2 aromatic carbocycles. The SMILES string of the molecule is O=C(O)c1ccc(OCCOc2cccc(CO)c2)cc1. The maximum atomic E-state index is 10.7. The van der Waals surface area contributed by atoms with Crippen molar-refractivity contribution >= 4 is 5.97 Å². The molecule has 0 aliphatic carbocycles. The molecule has 0 aliphatic rings. The molecular weight excluding hydrogens is 272 g/mol. The number of aliphatic hydroxyl groups excluding tert-OH is 1. The van der Waals surface area contributed by atoms with Crippen LogP contribution in [0.25, 0.3) is 0 Å². The molecule has 2 N–H and O–H groups in total. The Hall–Kier alpha value is -2.53. The zero-order chi connectivity index (χ0) is 15.1. The fraction of sp³-hybridized carbons (Fsp3) is 0.188. The van der Waals surface area contributed by atoms with Crippen molar-refractivity contribution in [2.75, 3.05) is 13.2 Å². The van der Waals surface area contributed by atoms with Crippen LogP contribution in [0.15, 0.2) is 48.5 Å². The van der Waals surface area contributed by atoms with Gasteiger partial charge in [0.05, 0.1) is 12.2 Å². The monoisotopic (exact) mass is 288 g/mol. The number of carboxylic acids is 1. The minimum absolute atomic E-state index is 0.0242. The summed E-state index contributed by atoms with van der Waals surface area (Å²) in [5.41, 5.74) is 1.01. The number of ether oxygens (including phenoxy) is 2. The van der Waals surface area contributed by atoms with Gasteiger partial charge in [0.15, 0.2) is 0 Å². The molecule has 0 atom stereocenters. The Morgan fingerprint density at radius 3 is 2.24 bits per heavy atom. The normalized spacial score (nSPS) is 10.1. The van der Waals surface area contributed by atoms with E-state index < -0.39 is 5.97 Å². The Labute approximate surface area is 122 Å².